The van der Waals surface area contributed by atoms with Crippen LogP contribution in [0.3, 0.4) is 0 Å². The molecule has 0 atom stereocenters. The predicted octanol–water partition coefficient (Wildman–Crippen LogP) is 4.86. The third kappa shape index (κ3) is 4.81. The zero-order chi connectivity index (χ0) is 28.3. The van der Waals surface area contributed by atoms with Crippen molar-refractivity contribution < 1.29 is 18.7 Å². The Labute approximate surface area is 236 Å². The third-order valence-electron chi connectivity index (χ3n) is 8.45. The number of carbonyl (C=O) groups excluding carboxylic acids is 1. The number of amides is 1. The van der Waals surface area contributed by atoms with Gasteiger partial charge in [-0.1, -0.05) is 12.1 Å². The van der Waals surface area contributed by atoms with Gasteiger partial charge in [-0.2, -0.15) is 0 Å². The fraction of sp³-hybridized carbons (Fsp3) is 0.355. The molecule has 41 heavy (non-hydrogen) atoms. The highest BCUT2D eigenvalue weighted by molar-refractivity contribution is 6.10. The highest BCUT2D eigenvalue weighted by Gasteiger charge is 2.35. The van der Waals surface area contributed by atoms with Crippen LogP contribution in [0, 0.1) is 11.6 Å². The molecule has 0 radical (unpaired) electrons. The summed E-state index contributed by atoms with van der Waals surface area (Å²) in [4.78, 5) is 20.1. The molecule has 10 heteroatoms. The van der Waals surface area contributed by atoms with Gasteiger partial charge < -0.3 is 15.0 Å². The van der Waals surface area contributed by atoms with Crippen molar-refractivity contribution in [3.8, 4) is 22.5 Å². The number of halogens is 2. The van der Waals surface area contributed by atoms with Gasteiger partial charge in [0.05, 0.1) is 12.1 Å². The summed E-state index contributed by atoms with van der Waals surface area (Å²) in [5.41, 5.74) is 3.62. The number of hydrogen-bond acceptors (Lipinski definition) is 6. The molecule has 7 rings (SSSR count). The Morgan fingerprint density at radius 3 is 2.63 bits per heavy atom. The molecule has 2 aliphatic carbocycles. The van der Waals surface area contributed by atoms with Crippen LogP contribution in [0.5, 0.6) is 0 Å². The zero-order valence-electron chi connectivity index (χ0n) is 22.7. The van der Waals surface area contributed by atoms with Crippen LogP contribution < -0.4 is 10.2 Å². The maximum atomic E-state index is 15.5. The van der Waals surface area contributed by atoms with Crippen molar-refractivity contribution in [3.05, 3.63) is 82.8 Å². The van der Waals surface area contributed by atoms with Gasteiger partial charge >= 0.3 is 0 Å². The fourth-order valence-corrected chi connectivity index (χ4v) is 5.82. The lowest BCUT2D eigenvalue weighted by Crippen LogP contribution is -2.45. The van der Waals surface area contributed by atoms with Crippen molar-refractivity contribution in [2.24, 2.45) is 7.05 Å². The lowest BCUT2D eigenvalue weighted by molar-refractivity contribution is -0.0314. The Morgan fingerprint density at radius 1 is 1.10 bits per heavy atom. The Bertz CT molecular complexity index is 1680. The molecular weight excluding hydrogens is 526 g/mol. The Balaban J connectivity index is 1.22. The van der Waals surface area contributed by atoms with Crippen LogP contribution in [0.2, 0.25) is 0 Å². The monoisotopic (exact) mass is 556 g/mol. The lowest BCUT2D eigenvalue weighted by atomic mass is 9.80. The summed E-state index contributed by atoms with van der Waals surface area (Å²) in [7, 11) is 1.72. The number of nitrogens with zero attached hydrogens (tertiary/aromatic N) is 5. The number of hydrogen-bond donors (Lipinski definition) is 2. The number of fused-ring (bicyclic) bond motifs is 1. The maximum absolute atomic E-state index is 15.5. The van der Waals surface area contributed by atoms with Gasteiger partial charge in [0.1, 0.15) is 23.8 Å². The van der Waals surface area contributed by atoms with E-state index in [1.165, 1.54) is 12.4 Å². The normalized spacial score (nSPS) is 17.6. The number of nitrogens with one attached hydrogen (secondary N) is 1. The first kappa shape index (κ1) is 25.9. The fourth-order valence-electron chi connectivity index (χ4n) is 5.82. The van der Waals surface area contributed by atoms with Crippen LogP contribution in [0.1, 0.15) is 65.2 Å². The number of pyridine rings is 1. The highest BCUT2D eigenvalue weighted by Crippen LogP contribution is 2.44. The Hall–Kier alpha value is -4.02. The van der Waals surface area contributed by atoms with Gasteiger partial charge in [0.25, 0.3) is 5.91 Å². The standard InChI is InChI=1S/C31H30F2N6O2/c1-38-17-35-37-29(38)24-12-22(32)13-25(33)28(24)21-10-26(19-5-6-19)36-27(11-21)39-15-20-4-3-18(9-23(20)30(39)40)14-34-16-31(41)7-2-8-31/h3-4,9-13,17,19,34,41H,2,5-8,14-16H2,1H3. The third-order valence-corrected chi connectivity index (χ3v) is 8.45. The van der Waals surface area contributed by atoms with Crippen LogP contribution in [0.4, 0.5) is 14.6 Å². The van der Waals surface area contributed by atoms with E-state index >= 15 is 4.39 Å². The van der Waals surface area contributed by atoms with Gasteiger partial charge in [0.2, 0.25) is 0 Å². The second-order valence-corrected chi connectivity index (χ2v) is 11.6. The molecular formula is C31H30F2N6O2. The van der Waals surface area contributed by atoms with Crippen molar-refractivity contribution in [1.82, 2.24) is 25.1 Å². The van der Waals surface area contributed by atoms with Crippen LogP contribution in [-0.2, 0) is 20.1 Å². The summed E-state index contributed by atoms with van der Waals surface area (Å²) in [6.07, 6.45) is 6.10. The molecule has 3 aliphatic rings. The minimum absolute atomic E-state index is 0.168. The van der Waals surface area contributed by atoms with E-state index in [9.17, 15) is 14.3 Å². The lowest BCUT2D eigenvalue weighted by Gasteiger charge is -2.36. The highest BCUT2D eigenvalue weighted by atomic mass is 19.1. The van der Waals surface area contributed by atoms with Gasteiger partial charge in [-0.15, -0.1) is 10.2 Å². The topological polar surface area (TPSA) is 96.2 Å². The van der Waals surface area contributed by atoms with Gasteiger partial charge in [-0.05, 0) is 73.1 Å². The van der Waals surface area contributed by atoms with E-state index in [2.05, 4.69) is 15.5 Å². The van der Waals surface area contributed by atoms with E-state index < -0.39 is 17.2 Å². The van der Waals surface area contributed by atoms with E-state index in [0.29, 0.717) is 42.4 Å². The number of anilines is 1. The Morgan fingerprint density at radius 2 is 1.93 bits per heavy atom. The molecule has 8 nitrogen and oxygen atoms in total. The second-order valence-electron chi connectivity index (χ2n) is 11.6. The summed E-state index contributed by atoms with van der Waals surface area (Å²) < 4.78 is 31.5. The second kappa shape index (κ2) is 9.81. The van der Waals surface area contributed by atoms with Crippen molar-refractivity contribution in [3.63, 3.8) is 0 Å². The molecule has 2 aromatic carbocycles. The van der Waals surface area contributed by atoms with Gasteiger partial charge in [0, 0.05) is 54.5 Å². The largest absolute Gasteiger partial charge is 0.389 e. The number of benzene rings is 2. The molecule has 2 N–H and O–H groups in total. The molecule has 2 aromatic heterocycles. The summed E-state index contributed by atoms with van der Waals surface area (Å²) in [6.45, 7) is 1.43. The molecule has 1 aliphatic heterocycles. The summed E-state index contributed by atoms with van der Waals surface area (Å²) in [5.74, 6) is -0.595. The SMILES string of the molecule is Cn1cnnc1-c1cc(F)cc(F)c1-c1cc(C2CC2)nc(N2Cc3ccc(CNCC4(O)CCC4)cc3C2=O)c1. The summed E-state index contributed by atoms with van der Waals surface area (Å²) in [6, 6.07) is 11.5. The smallest absolute Gasteiger partial charge is 0.260 e. The molecule has 210 valence electrons. The first-order valence-electron chi connectivity index (χ1n) is 14.0. The van der Waals surface area contributed by atoms with Gasteiger partial charge in [-0.25, -0.2) is 13.8 Å². The molecule has 1 amide bonds. The van der Waals surface area contributed by atoms with E-state index in [1.807, 2.05) is 24.3 Å². The maximum Gasteiger partial charge on any atom is 0.260 e. The van der Waals surface area contributed by atoms with Crippen molar-refractivity contribution in [2.45, 2.75) is 56.7 Å². The average Bonchev–Trinajstić information content (AvgIpc) is 3.62. The number of aromatic nitrogens is 4. The molecule has 4 aromatic rings. The number of aliphatic hydroxyl groups is 1. The average molecular weight is 557 g/mol. The van der Waals surface area contributed by atoms with Crippen molar-refractivity contribution in [2.75, 3.05) is 11.4 Å². The Kier molecular flexibility index (Phi) is 6.20. The molecule has 0 saturated heterocycles. The van der Waals surface area contributed by atoms with Crippen LogP contribution in [0.15, 0.2) is 48.8 Å². The summed E-state index contributed by atoms with van der Waals surface area (Å²) in [5, 5.41) is 21.7. The molecule has 2 saturated carbocycles. The minimum atomic E-state index is -0.721. The molecule has 2 fully saturated rings. The van der Waals surface area contributed by atoms with Crippen molar-refractivity contribution in [1.29, 1.82) is 0 Å². The van der Waals surface area contributed by atoms with Crippen molar-refractivity contribution >= 4 is 11.7 Å². The summed E-state index contributed by atoms with van der Waals surface area (Å²) >= 11 is 0. The van der Waals surface area contributed by atoms with Gasteiger partial charge in [0.15, 0.2) is 5.82 Å². The molecule has 0 unspecified atom stereocenters. The van der Waals surface area contributed by atoms with Crippen LogP contribution in [0.25, 0.3) is 22.5 Å². The van der Waals surface area contributed by atoms with E-state index in [4.69, 9.17) is 4.98 Å². The number of carbonyl (C=O) groups is 1. The number of rotatable bonds is 8. The van der Waals surface area contributed by atoms with E-state index in [1.54, 1.807) is 22.6 Å². The predicted molar refractivity (Wildman–Crippen MR) is 149 cm³/mol. The van der Waals surface area contributed by atoms with Crippen LogP contribution in [-0.4, -0.2) is 42.9 Å². The quantitative estimate of drug-likeness (QED) is 0.322. The first-order chi connectivity index (χ1) is 19.8. The van der Waals surface area contributed by atoms with E-state index in [0.717, 1.165) is 55.0 Å². The van der Waals surface area contributed by atoms with E-state index in [-0.39, 0.29) is 23.0 Å². The molecule has 0 spiro atoms. The zero-order valence-corrected chi connectivity index (χ0v) is 22.7. The van der Waals surface area contributed by atoms with Gasteiger partial charge in [-0.3, -0.25) is 9.69 Å². The van der Waals surface area contributed by atoms with Crippen LogP contribution >= 0.6 is 0 Å². The minimum Gasteiger partial charge on any atom is -0.389 e. The molecule has 0 bridgehead atoms. The molecule has 3 heterocycles. The number of aryl methyl sites for hydroxylation is 1. The first-order valence-corrected chi connectivity index (χ1v) is 14.0.